The van der Waals surface area contributed by atoms with Crippen molar-refractivity contribution < 1.29 is 19.9 Å². The first-order chi connectivity index (χ1) is 14.0. The van der Waals surface area contributed by atoms with Crippen LogP contribution in [0.1, 0.15) is 75.9 Å². The van der Waals surface area contributed by atoms with Crippen molar-refractivity contribution in [3.8, 4) is 0 Å². The summed E-state index contributed by atoms with van der Waals surface area (Å²) in [7, 11) is 0. The molecule has 0 saturated carbocycles. The maximum Gasteiger partial charge on any atom is 0.269 e. The Bertz CT molecular complexity index is 594. The molecule has 0 saturated heterocycles. The fourth-order valence-electron chi connectivity index (χ4n) is 3.20. The third-order valence-electron chi connectivity index (χ3n) is 4.98. The summed E-state index contributed by atoms with van der Waals surface area (Å²) in [5.74, 6) is -0.216. The van der Waals surface area contributed by atoms with Gasteiger partial charge in [0.05, 0.1) is 17.6 Å². The average molecular weight is 410 g/mol. The van der Waals surface area contributed by atoms with Gasteiger partial charge in [0.15, 0.2) is 0 Å². The van der Waals surface area contributed by atoms with Gasteiger partial charge < -0.3 is 21.3 Å². The Morgan fingerprint density at radius 2 is 1.52 bits per heavy atom. The third-order valence-corrected chi connectivity index (χ3v) is 4.98. The number of hydrogen-bond acceptors (Lipinski definition) is 6. The second-order valence-electron chi connectivity index (χ2n) is 7.37. The second-order valence-corrected chi connectivity index (χ2v) is 7.37. The van der Waals surface area contributed by atoms with Crippen molar-refractivity contribution in [1.82, 2.24) is 5.32 Å². The Hall–Kier alpha value is -2.03. The quantitative estimate of drug-likeness (QED) is 0.188. The minimum Gasteiger partial charge on any atom is -0.394 e. The van der Waals surface area contributed by atoms with Crippen molar-refractivity contribution >= 4 is 11.6 Å². The largest absolute Gasteiger partial charge is 0.394 e. The standard InChI is InChI=1S/C21H35N3O5/c22-15-9-7-5-3-1-2-4-6-8-10-20(26)23-19(16-25)21(27)17-11-13-18(14-12-17)24(28)29/h11-14,19,21,25,27H,1-10,15-16,22H2,(H,23,26)/t19-,21-/m1/s1. The van der Waals surface area contributed by atoms with E-state index in [1.807, 2.05) is 0 Å². The van der Waals surface area contributed by atoms with Gasteiger partial charge in [-0.1, -0.05) is 44.9 Å². The normalized spacial score (nSPS) is 13.1. The zero-order chi connectivity index (χ0) is 21.5. The van der Waals surface area contributed by atoms with Crippen LogP contribution in [0, 0.1) is 10.1 Å². The minimum atomic E-state index is -1.14. The molecule has 8 heteroatoms. The van der Waals surface area contributed by atoms with Crippen LogP contribution < -0.4 is 11.1 Å². The number of unbranched alkanes of at least 4 members (excludes halogenated alkanes) is 8. The van der Waals surface area contributed by atoms with E-state index < -0.39 is 23.7 Å². The Balaban J connectivity index is 2.24. The summed E-state index contributed by atoms with van der Waals surface area (Å²) < 4.78 is 0. The lowest BCUT2D eigenvalue weighted by Crippen LogP contribution is -2.41. The molecule has 0 aliphatic carbocycles. The summed E-state index contributed by atoms with van der Waals surface area (Å²) in [5, 5.41) is 33.2. The van der Waals surface area contributed by atoms with Crippen LogP contribution in [0.15, 0.2) is 24.3 Å². The van der Waals surface area contributed by atoms with Crippen LogP contribution >= 0.6 is 0 Å². The molecule has 0 fully saturated rings. The molecule has 1 aromatic rings. The molecule has 1 aromatic carbocycles. The molecule has 2 atom stereocenters. The molecule has 29 heavy (non-hydrogen) atoms. The van der Waals surface area contributed by atoms with E-state index in [0.29, 0.717) is 12.0 Å². The lowest BCUT2D eigenvalue weighted by atomic mass is 10.0. The molecular weight excluding hydrogens is 374 g/mol. The molecule has 1 amide bonds. The van der Waals surface area contributed by atoms with Crippen molar-refractivity contribution in [2.75, 3.05) is 13.2 Å². The summed E-state index contributed by atoms with van der Waals surface area (Å²) in [5.41, 5.74) is 5.79. The summed E-state index contributed by atoms with van der Waals surface area (Å²) >= 11 is 0. The second kappa shape index (κ2) is 14.9. The number of nitrogens with two attached hydrogens (primary N) is 1. The Kier molecular flexibility index (Phi) is 12.8. The van der Waals surface area contributed by atoms with E-state index in [2.05, 4.69) is 5.32 Å². The SMILES string of the molecule is NCCCCCCCCCCCC(=O)N[C@H](CO)[C@H](O)c1ccc([N+](=O)[O-])cc1. The zero-order valence-corrected chi connectivity index (χ0v) is 17.1. The third kappa shape index (κ3) is 10.3. The molecule has 0 radical (unpaired) electrons. The van der Waals surface area contributed by atoms with E-state index >= 15 is 0 Å². The van der Waals surface area contributed by atoms with Gasteiger partial charge in [0.2, 0.25) is 5.91 Å². The number of aliphatic hydroxyl groups is 2. The predicted molar refractivity (Wildman–Crippen MR) is 112 cm³/mol. The van der Waals surface area contributed by atoms with Gasteiger partial charge in [-0.3, -0.25) is 14.9 Å². The molecule has 0 heterocycles. The monoisotopic (exact) mass is 409 g/mol. The van der Waals surface area contributed by atoms with Gasteiger partial charge in [0.25, 0.3) is 5.69 Å². The van der Waals surface area contributed by atoms with Crippen LogP contribution in [0.25, 0.3) is 0 Å². The first kappa shape index (κ1) is 25.0. The van der Waals surface area contributed by atoms with E-state index in [4.69, 9.17) is 5.73 Å². The number of nitro groups is 1. The molecule has 0 aliphatic heterocycles. The smallest absolute Gasteiger partial charge is 0.269 e. The molecule has 0 aliphatic rings. The summed E-state index contributed by atoms with van der Waals surface area (Å²) in [6.45, 7) is 0.345. The summed E-state index contributed by atoms with van der Waals surface area (Å²) in [6.07, 6.45) is 9.21. The number of nitrogens with zero attached hydrogens (tertiary/aromatic N) is 1. The number of aliphatic hydroxyl groups excluding tert-OH is 2. The topological polar surface area (TPSA) is 139 Å². The Morgan fingerprint density at radius 3 is 2.00 bits per heavy atom. The predicted octanol–water partition coefficient (Wildman–Crippen LogP) is 2.97. The first-order valence-electron chi connectivity index (χ1n) is 10.5. The molecule has 8 nitrogen and oxygen atoms in total. The maximum absolute atomic E-state index is 12.1. The number of nitrogens with one attached hydrogen (secondary N) is 1. The van der Waals surface area contributed by atoms with Crippen molar-refractivity contribution in [1.29, 1.82) is 0 Å². The van der Waals surface area contributed by atoms with E-state index in [0.717, 1.165) is 32.2 Å². The highest BCUT2D eigenvalue weighted by Gasteiger charge is 2.22. The van der Waals surface area contributed by atoms with Gasteiger partial charge in [0, 0.05) is 18.6 Å². The fourth-order valence-corrected chi connectivity index (χ4v) is 3.20. The Labute approximate surface area is 172 Å². The molecule has 1 rings (SSSR count). The molecule has 164 valence electrons. The number of amides is 1. The lowest BCUT2D eigenvalue weighted by molar-refractivity contribution is -0.384. The lowest BCUT2D eigenvalue weighted by Gasteiger charge is -2.22. The van der Waals surface area contributed by atoms with Gasteiger partial charge >= 0.3 is 0 Å². The van der Waals surface area contributed by atoms with Crippen molar-refractivity contribution in [2.24, 2.45) is 5.73 Å². The molecule has 5 N–H and O–H groups in total. The van der Waals surface area contributed by atoms with Gasteiger partial charge in [-0.05, 0) is 37.1 Å². The van der Waals surface area contributed by atoms with Crippen LogP contribution in [0.2, 0.25) is 0 Å². The van der Waals surface area contributed by atoms with Crippen LogP contribution in [0.4, 0.5) is 5.69 Å². The number of rotatable bonds is 16. The Morgan fingerprint density at radius 1 is 1.00 bits per heavy atom. The maximum atomic E-state index is 12.1. The number of hydrogen-bond donors (Lipinski definition) is 4. The number of nitro benzene ring substituents is 1. The van der Waals surface area contributed by atoms with Crippen LogP contribution in [-0.4, -0.2) is 40.2 Å². The van der Waals surface area contributed by atoms with Gasteiger partial charge in [-0.15, -0.1) is 0 Å². The minimum absolute atomic E-state index is 0.0823. The number of carbonyl (C=O) groups is 1. The van der Waals surface area contributed by atoms with E-state index in [-0.39, 0.29) is 11.6 Å². The molecule has 0 spiro atoms. The molecular formula is C21H35N3O5. The summed E-state index contributed by atoms with van der Waals surface area (Å²) in [4.78, 5) is 22.3. The van der Waals surface area contributed by atoms with Crippen molar-refractivity contribution in [2.45, 2.75) is 76.4 Å². The average Bonchev–Trinajstić information content (AvgIpc) is 2.73. The van der Waals surface area contributed by atoms with Crippen molar-refractivity contribution in [3.05, 3.63) is 39.9 Å². The first-order valence-corrected chi connectivity index (χ1v) is 10.5. The molecule has 0 unspecified atom stereocenters. The molecule has 0 bridgehead atoms. The van der Waals surface area contributed by atoms with E-state index in [1.54, 1.807) is 0 Å². The van der Waals surface area contributed by atoms with Gasteiger partial charge in [-0.25, -0.2) is 0 Å². The van der Waals surface area contributed by atoms with E-state index in [9.17, 15) is 25.1 Å². The fraction of sp³-hybridized carbons (Fsp3) is 0.667. The highest BCUT2D eigenvalue weighted by atomic mass is 16.6. The van der Waals surface area contributed by atoms with Crippen LogP contribution in [0.3, 0.4) is 0 Å². The van der Waals surface area contributed by atoms with Crippen LogP contribution in [-0.2, 0) is 4.79 Å². The highest BCUT2D eigenvalue weighted by Crippen LogP contribution is 2.20. The van der Waals surface area contributed by atoms with Gasteiger partial charge in [0.1, 0.15) is 6.10 Å². The number of benzene rings is 1. The number of carbonyl (C=O) groups excluding carboxylic acids is 1. The zero-order valence-electron chi connectivity index (χ0n) is 17.1. The van der Waals surface area contributed by atoms with Crippen molar-refractivity contribution in [3.63, 3.8) is 0 Å². The highest BCUT2D eigenvalue weighted by molar-refractivity contribution is 5.76. The van der Waals surface area contributed by atoms with Gasteiger partial charge in [-0.2, -0.15) is 0 Å². The molecule has 0 aromatic heterocycles. The summed E-state index contributed by atoms with van der Waals surface area (Å²) in [6, 6.07) is 4.57. The van der Waals surface area contributed by atoms with Crippen LogP contribution in [0.5, 0.6) is 0 Å². The van der Waals surface area contributed by atoms with E-state index in [1.165, 1.54) is 56.4 Å². The number of non-ortho nitro benzene ring substituents is 1.